The Morgan fingerprint density at radius 1 is 1.45 bits per heavy atom. The fourth-order valence-corrected chi connectivity index (χ4v) is 2.86. The molecular formula is C16H24N2O2. The van der Waals surface area contributed by atoms with Crippen LogP contribution >= 0.6 is 0 Å². The lowest BCUT2D eigenvalue weighted by atomic mass is 9.89. The minimum absolute atomic E-state index is 0.464. The van der Waals surface area contributed by atoms with E-state index in [1.54, 1.807) is 7.05 Å². The number of rotatable bonds is 7. The van der Waals surface area contributed by atoms with Gasteiger partial charge in [-0.1, -0.05) is 37.3 Å². The van der Waals surface area contributed by atoms with Gasteiger partial charge in [-0.15, -0.1) is 0 Å². The molecule has 1 aromatic rings. The van der Waals surface area contributed by atoms with E-state index in [2.05, 4.69) is 17.1 Å². The molecule has 4 heteroatoms. The summed E-state index contributed by atoms with van der Waals surface area (Å²) in [5, 5.41) is 12.8. The Morgan fingerprint density at radius 3 is 2.50 bits per heavy atom. The molecule has 2 N–H and O–H groups in total. The van der Waals surface area contributed by atoms with E-state index in [9.17, 15) is 9.90 Å². The van der Waals surface area contributed by atoms with Gasteiger partial charge in [0.1, 0.15) is 0 Å². The van der Waals surface area contributed by atoms with E-state index < -0.39 is 11.5 Å². The van der Waals surface area contributed by atoms with Gasteiger partial charge in [-0.05, 0) is 37.9 Å². The fourth-order valence-electron chi connectivity index (χ4n) is 2.86. The Labute approximate surface area is 120 Å². The van der Waals surface area contributed by atoms with Crippen LogP contribution < -0.4 is 5.32 Å². The van der Waals surface area contributed by atoms with Gasteiger partial charge in [0.05, 0.1) is 0 Å². The predicted octanol–water partition coefficient (Wildman–Crippen LogP) is 1.77. The second-order valence-electron chi connectivity index (χ2n) is 6.00. The summed E-state index contributed by atoms with van der Waals surface area (Å²) < 4.78 is 0. The molecule has 0 aliphatic heterocycles. The van der Waals surface area contributed by atoms with Crippen molar-refractivity contribution >= 4 is 5.97 Å². The molecule has 0 spiro atoms. The van der Waals surface area contributed by atoms with E-state index >= 15 is 0 Å². The van der Waals surface area contributed by atoms with Crippen molar-refractivity contribution in [2.45, 2.75) is 18.9 Å². The number of hydrogen-bond donors (Lipinski definition) is 2. The first-order chi connectivity index (χ1) is 9.49. The number of likely N-dealkylation sites (N-methyl/N-ethyl adjacent to an activating group) is 2. The number of nitrogens with one attached hydrogen (secondary N) is 1. The monoisotopic (exact) mass is 276 g/mol. The van der Waals surface area contributed by atoms with Crippen LogP contribution in [0.25, 0.3) is 0 Å². The van der Waals surface area contributed by atoms with Crippen molar-refractivity contribution in [1.82, 2.24) is 10.2 Å². The first kappa shape index (κ1) is 15.0. The molecule has 0 bridgehead atoms. The Kier molecular flexibility index (Phi) is 4.45. The second-order valence-corrected chi connectivity index (χ2v) is 6.00. The van der Waals surface area contributed by atoms with E-state index in [-0.39, 0.29) is 0 Å². The van der Waals surface area contributed by atoms with Gasteiger partial charge in [-0.3, -0.25) is 0 Å². The Bertz CT molecular complexity index is 463. The number of nitrogens with zero attached hydrogens (tertiary/aromatic N) is 1. The molecule has 1 fully saturated rings. The first-order valence-electron chi connectivity index (χ1n) is 7.16. The van der Waals surface area contributed by atoms with Crippen LogP contribution in [0.3, 0.4) is 0 Å². The van der Waals surface area contributed by atoms with Crippen LogP contribution in [0, 0.1) is 11.8 Å². The average molecular weight is 276 g/mol. The zero-order chi connectivity index (χ0) is 14.8. The number of aliphatic carboxylic acids is 1. The molecule has 1 aliphatic rings. The summed E-state index contributed by atoms with van der Waals surface area (Å²) in [6.07, 6.45) is 1.26. The van der Waals surface area contributed by atoms with Gasteiger partial charge in [0.2, 0.25) is 0 Å². The topological polar surface area (TPSA) is 52.6 Å². The maximum absolute atomic E-state index is 11.9. The van der Waals surface area contributed by atoms with Crippen LogP contribution in [0.5, 0.6) is 0 Å². The molecular weight excluding hydrogens is 252 g/mol. The minimum atomic E-state index is -1.05. The highest BCUT2D eigenvalue weighted by Gasteiger charge is 2.41. The van der Waals surface area contributed by atoms with Crippen molar-refractivity contribution < 1.29 is 9.90 Å². The van der Waals surface area contributed by atoms with Gasteiger partial charge in [0.15, 0.2) is 5.54 Å². The van der Waals surface area contributed by atoms with E-state index in [4.69, 9.17) is 0 Å². The van der Waals surface area contributed by atoms with Crippen LogP contribution in [-0.4, -0.2) is 43.2 Å². The molecule has 4 nitrogen and oxygen atoms in total. The molecule has 0 radical (unpaired) electrons. The van der Waals surface area contributed by atoms with Gasteiger partial charge < -0.3 is 15.3 Å². The summed E-state index contributed by atoms with van der Waals surface area (Å²) in [7, 11) is 3.72. The van der Waals surface area contributed by atoms with E-state index in [1.165, 1.54) is 6.42 Å². The van der Waals surface area contributed by atoms with E-state index in [0.29, 0.717) is 6.54 Å². The maximum atomic E-state index is 11.9. The molecule has 20 heavy (non-hydrogen) atoms. The third kappa shape index (κ3) is 3.02. The van der Waals surface area contributed by atoms with Crippen molar-refractivity contribution in [2.75, 3.05) is 27.2 Å². The van der Waals surface area contributed by atoms with Crippen LogP contribution in [0.2, 0.25) is 0 Å². The van der Waals surface area contributed by atoms with Crippen molar-refractivity contribution in [3.63, 3.8) is 0 Å². The molecule has 1 aromatic carbocycles. The molecule has 3 unspecified atom stereocenters. The van der Waals surface area contributed by atoms with Gasteiger partial charge in [-0.2, -0.15) is 0 Å². The van der Waals surface area contributed by atoms with Crippen LogP contribution in [0.15, 0.2) is 30.3 Å². The van der Waals surface area contributed by atoms with Crippen molar-refractivity contribution in [2.24, 2.45) is 11.8 Å². The van der Waals surface area contributed by atoms with Crippen molar-refractivity contribution in [3.8, 4) is 0 Å². The average Bonchev–Trinajstić information content (AvgIpc) is 3.12. The summed E-state index contributed by atoms with van der Waals surface area (Å²) >= 11 is 0. The van der Waals surface area contributed by atoms with Crippen molar-refractivity contribution in [3.05, 3.63) is 35.9 Å². The van der Waals surface area contributed by atoms with Crippen LogP contribution in [-0.2, 0) is 10.3 Å². The lowest BCUT2D eigenvalue weighted by molar-refractivity contribution is -0.146. The predicted molar refractivity (Wildman–Crippen MR) is 79.6 cm³/mol. The summed E-state index contributed by atoms with van der Waals surface area (Å²) in [5.74, 6) is 0.670. The summed E-state index contributed by atoms with van der Waals surface area (Å²) in [5.41, 5.74) is -0.251. The van der Waals surface area contributed by atoms with Crippen molar-refractivity contribution in [1.29, 1.82) is 0 Å². The molecule has 1 saturated carbocycles. The summed E-state index contributed by atoms with van der Waals surface area (Å²) in [4.78, 5) is 14.0. The molecule has 0 amide bonds. The highest BCUT2D eigenvalue weighted by atomic mass is 16.4. The Morgan fingerprint density at radius 2 is 2.05 bits per heavy atom. The number of benzene rings is 1. The fraction of sp³-hybridized carbons (Fsp3) is 0.562. The third-order valence-electron chi connectivity index (χ3n) is 4.39. The quantitative estimate of drug-likeness (QED) is 0.797. The zero-order valence-corrected chi connectivity index (χ0v) is 12.5. The summed E-state index contributed by atoms with van der Waals surface area (Å²) in [6, 6.07) is 9.42. The first-order valence-corrected chi connectivity index (χ1v) is 7.16. The van der Waals surface area contributed by atoms with E-state index in [0.717, 1.165) is 23.9 Å². The number of hydrogen-bond acceptors (Lipinski definition) is 3. The van der Waals surface area contributed by atoms with Gasteiger partial charge in [-0.25, -0.2) is 4.79 Å². The molecule has 0 heterocycles. The second kappa shape index (κ2) is 5.94. The number of carboxylic acids is 1. The molecule has 0 saturated heterocycles. The van der Waals surface area contributed by atoms with Gasteiger partial charge in [0.25, 0.3) is 0 Å². The number of carboxylic acid groups (broad SMARTS) is 1. The third-order valence-corrected chi connectivity index (χ3v) is 4.39. The lowest BCUT2D eigenvalue weighted by Crippen LogP contribution is -2.54. The number of carbonyl (C=O) groups is 1. The lowest BCUT2D eigenvalue weighted by Gasteiger charge is -2.33. The van der Waals surface area contributed by atoms with Gasteiger partial charge >= 0.3 is 5.97 Å². The summed E-state index contributed by atoms with van der Waals surface area (Å²) in [6.45, 7) is 3.68. The van der Waals surface area contributed by atoms with Gasteiger partial charge in [0, 0.05) is 13.1 Å². The van der Waals surface area contributed by atoms with Crippen LogP contribution in [0.4, 0.5) is 0 Å². The highest BCUT2D eigenvalue weighted by molar-refractivity contribution is 5.81. The zero-order valence-electron chi connectivity index (χ0n) is 12.5. The maximum Gasteiger partial charge on any atom is 0.329 e. The standard InChI is InChI=1S/C16H24N2O2/c1-12-9-13(12)10-18(3)11-16(17-2,15(19)20)14-7-5-4-6-8-14/h4-8,12-13,17H,9-11H2,1-3H3,(H,19,20). The minimum Gasteiger partial charge on any atom is -0.480 e. The highest BCUT2D eigenvalue weighted by Crippen LogP contribution is 2.38. The Balaban J connectivity index is 2.16. The van der Waals surface area contributed by atoms with Crippen LogP contribution in [0.1, 0.15) is 18.9 Å². The SMILES string of the molecule is CNC(CN(C)CC1CC1C)(C(=O)O)c1ccccc1. The molecule has 0 aromatic heterocycles. The molecule has 1 aliphatic carbocycles. The Hall–Kier alpha value is -1.39. The largest absolute Gasteiger partial charge is 0.480 e. The van der Waals surface area contributed by atoms with E-state index in [1.807, 2.05) is 37.4 Å². The smallest absolute Gasteiger partial charge is 0.329 e. The molecule has 3 atom stereocenters. The molecule has 110 valence electrons. The molecule has 2 rings (SSSR count). The normalized spacial score (nSPS) is 24.4.